The number of carbonyl (C=O) groups excluding carboxylic acids is 2. The van der Waals surface area contributed by atoms with Gasteiger partial charge in [-0.2, -0.15) is 0 Å². The van der Waals surface area contributed by atoms with Crippen LogP contribution >= 0.6 is 24.0 Å². The summed E-state index contributed by atoms with van der Waals surface area (Å²) < 4.78 is 5.22. The first-order valence-corrected chi connectivity index (χ1v) is 9.12. The quantitative estimate of drug-likeness (QED) is 0.697. The molecule has 6 nitrogen and oxygen atoms in total. The van der Waals surface area contributed by atoms with E-state index < -0.39 is 0 Å². The molecule has 28 heavy (non-hydrogen) atoms. The molecule has 1 aliphatic rings. The molecule has 2 aromatic carbocycles. The first kappa shape index (κ1) is 21.9. The number of ether oxygens (including phenoxy) is 1. The topological polar surface area (TPSA) is 84.7 Å². The lowest BCUT2D eigenvalue weighted by Crippen LogP contribution is -2.25. The van der Waals surface area contributed by atoms with Gasteiger partial charge in [-0.05, 0) is 23.6 Å². The molecule has 0 aliphatic carbocycles. The second-order valence-electron chi connectivity index (χ2n) is 6.50. The highest BCUT2D eigenvalue weighted by Gasteiger charge is 2.20. The van der Waals surface area contributed by atoms with E-state index in [1.54, 1.807) is 0 Å². The number of likely N-dealkylation sites (tertiary alicyclic amines) is 1. The Morgan fingerprint density at radius 3 is 2.71 bits per heavy atom. The molecule has 1 heterocycles. The number of rotatable bonds is 6. The van der Waals surface area contributed by atoms with Crippen LogP contribution in [0.1, 0.15) is 34.3 Å². The molecule has 0 spiro atoms. The number of anilines is 1. The molecule has 3 N–H and O–H groups in total. The second kappa shape index (κ2) is 9.66. The second-order valence-corrected chi connectivity index (χ2v) is 6.90. The minimum Gasteiger partial charge on any atom is -0.496 e. The lowest BCUT2D eigenvalue weighted by molar-refractivity contribution is -0.128. The molecule has 1 aliphatic heterocycles. The van der Waals surface area contributed by atoms with Crippen LogP contribution in [0, 0.1) is 0 Å². The maximum atomic E-state index is 12.5. The number of methoxy groups -OCH3 is 1. The molecule has 1 saturated heterocycles. The number of halogens is 2. The highest BCUT2D eigenvalue weighted by molar-refractivity contribution is 6.33. The Morgan fingerprint density at radius 2 is 2.04 bits per heavy atom. The minimum atomic E-state index is -0.297. The van der Waals surface area contributed by atoms with Gasteiger partial charge in [-0.1, -0.05) is 35.9 Å². The first-order chi connectivity index (χ1) is 13.0. The SMILES string of the molecule is COc1cc(N)c(Cl)cc1C(=O)NCc1cccc(CN2CCCC2=O)c1.Cl. The largest absolute Gasteiger partial charge is 0.496 e. The van der Waals surface area contributed by atoms with Gasteiger partial charge in [0.05, 0.1) is 23.4 Å². The fourth-order valence-corrected chi connectivity index (χ4v) is 3.29. The zero-order chi connectivity index (χ0) is 19.4. The maximum Gasteiger partial charge on any atom is 0.255 e. The zero-order valence-electron chi connectivity index (χ0n) is 15.5. The van der Waals surface area contributed by atoms with Crippen LogP contribution < -0.4 is 15.8 Å². The van der Waals surface area contributed by atoms with E-state index in [0.717, 1.165) is 24.1 Å². The van der Waals surface area contributed by atoms with E-state index in [-0.39, 0.29) is 24.2 Å². The number of nitrogens with two attached hydrogens (primary N) is 1. The van der Waals surface area contributed by atoms with Crippen molar-refractivity contribution < 1.29 is 14.3 Å². The van der Waals surface area contributed by atoms with Crippen molar-refractivity contribution in [1.29, 1.82) is 0 Å². The molecule has 0 bridgehead atoms. The number of nitrogens with one attached hydrogen (secondary N) is 1. The molecule has 0 atom stereocenters. The monoisotopic (exact) mass is 423 g/mol. The molecule has 1 fully saturated rings. The summed E-state index contributed by atoms with van der Waals surface area (Å²) in [5.74, 6) is 0.269. The zero-order valence-corrected chi connectivity index (χ0v) is 17.1. The lowest BCUT2D eigenvalue weighted by atomic mass is 10.1. The van der Waals surface area contributed by atoms with Gasteiger partial charge in [-0.15, -0.1) is 12.4 Å². The third-order valence-electron chi connectivity index (χ3n) is 4.55. The minimum absolute atomic E-state index is 0. The highest BCUT2D eigenvalue weighted by atomic mass is 35.5. The Balaban J connectivity index is 0.00000280. The first-order valence-electron chi connectivity index (χ1n) is 8.74. The summed E-state index contributed by atoms with van der Waals surface area (Å²) in [6, 6.07) is 10.9. The van der Waals surface area contributed by atoms with Gasteiger partial charge >= 0.3 is 0 Å². The van der Waals surface area contributed by atoms with Gasteiger partial charge in [0.2, 0.25) is 5.91 Å². The van der Waals surface area contributed by atoms with Crippen molar-refractivity contribution in [3.05, 3.63) is 58.1 Å². The summed E-state index contributed by atoms with van der Waals surface area (Å²) in [4.78, 5) is 26.2. The molecule has 150 valence electrons. The van der Waals surface area contributed by atoms with Crippen molar-refractivity contribution >= 4 is 41.5 Å². The predicted octanol–water partition coefficient (Wildman–Crippen LogP) is 3.41. The number of benzene rings is 2. The maximum absolute atomic E-state index is 12.5. The van der Waals surface area contributed by atoms with Crippen LogP contribution in [0.5, 0.6) is 5.75 Å². The highest BCUT2D eigenvalue weighted by Crippen LogP contribution is 2.28. The van der Waals surface area contributed by atoms with Crippen molar-refractivity contribution in [2.45, 2.75) is 25.9 Å². The van der Waals surface area contributed by atoms with Gasteiger partial charge in [0.15, 0.2) is 0 Å². The van der Waals surface area contributed by atoms with Crippen LogP contribution in [-0.4, -0.2) is 30.4 Å². The standard InChI is InChI=1S/C20H22ClN3O3.ClH/c1-27-18-10-17(22)16(21)9-15(18)20(26)23-11-13-4-2-5-14(8-13)12-24-7-3-6-19(24)25;/h2,4-5,8-10H,3,6-7,11-12,22H2,1H3,(H,23,26);1H. The number of hydrogen-bond acceptors (Lipinski definition) is 4. The predicted molar refractivity (Wildman–Crippen MR) is 112 cm³/mol. The van der Waals surface area contributed by atoms with E-state index in [9.17, 15) is 9.59 Å². The fourth-order valence-electron chi connectivity index (χ4n) is 3.12. The van der Waals surface area contributed by atoms with Crippen molar-refractivity contribution in [2.75, 3.05) is 19.4 Å². The molecule has 0 unspecified atom stereocenters. The van der Waals surface area contributed by atoms with E-state index in [4.69, 9.17) is 22.1 Å². The molecular formula is C20H23Cl2N3O3. The number of hydrogen-bond donors (Lipinski definition) is 2. The summed E-state index contributed by atoms with van der Waals surface area (Å²) in [5, 5.41) is 3.17. The molecule has 8 heteroatoms. The molecular weight excluding hydrogens is 401 g/mol. The number of amides is 2. The number of carbonyl (C=O) groups is 2. The van der Waals surface area contributed by atoms with Gasteiger partial charge in [-0.3, -0.25) is 9.59 Å². The summed E-state index contributed by atoms with van der Waals surface area (Å²) in [5.41, 5.74) is 8.44. The van der Waals surface area contributed by atoms with Gasteiger partial charge in [-0.25, -0.2) is 0 Å². The van der Waals surface area contributed by atoms with Crippen LogP contribution in [0.4, 0.5) is 5.69 Å². The van der Waals surface area contributed by atoms with Crippen LogP contribution in [0.25, 0.3) is 0 Å². The Labute approximate surface area is 175 Å². The Hall–Kier alpha value is -2.44. The smallest absolute Gasteiger partial charge is 0.255 e. The average Bonchev–Trinajstić information content (AvgIpc) is 3.06. The van der Waals surface area contributed by atoms with Crippen LogP contribution in [-0.2, 0) is 17.9 Å². The molecule has 2 amide bonds. The average molecular weight is 424 g/mol. The normalized spacial score (nSPS) is 13.2. The Kier molecular flexibility index (Phi) is 7.54. The van der Waals surface area contributed by atoms with E-state index in [0.29, 0.717) is 41.5 Å². The molecule has 0 saturated carbocycles. The van der Waals surface area contributed by atoms with E-state index in [2.05, 4.69) is 5.32 Å². The van der Waals surface area contributed by atoms with E-state index >= 15 is 0 Å². The van der Waals surface area contributed by atoms with Crippen molar-refractivity contribution in [3.63, 3.8) is 0 Å². The van der Waals surface area contributed by atoms with Crippen LogP contribution in [0.15, 0.2) is 36.4 Å². The summed E-state index contributed by atoms with van der Waals surface area (Å²) in [7, 11) is 1.47. The lowest BCUT2D eigenvalue weighted by Gasteiger charge is -2.16. The van der Waals surface area contributed by atoms with E-state index in [1.165, 1.54) is 19.2 Å². The number of nitrogen functional groups attached to an aromatic ring is 1. The van der Waals surface area contributed by atoms with Gasteiger partial charge in [0.1, 0.15) is 5.75 Å². The van der Waals surface area contributed by atoms with Crippen LogP contribution in [0.2, 0.25) is 5.02 Å². The molecule has 0 aromatic heterocycles. The number of nitrogens with zero attached hydrogens (tertiary/aromatic N) is 1. The van der Waals surface area contributed by atoms with Gasteiger partial charge in [0, 0.05) is 32.1 Å². The van der Waals surface area contributed by atoms with E-state index in [1.807, 2.05) is 29.2 Å². The van der Waals surface area contributed by atoms with Crippen molar-refractivity contribution in [2.24, 2.45) is 0 Å². The van der Waals surface area contributed by atoms with Gasteiger partial charge < -0.3 is 20.7 Å². The van der Waals surface area contributed by atoms with Crippen molar-refractivity contribution in [3.8, 4) is 5.75 Å². The van der Waals surface area contributed by atoms with Crippen molar-refractivity contribution in [1.82, 2.24) is 10.2 Å². The summed E-state index contributed by atoms with van der Waals surface area (Å²) in [6.07, 6.45) is 1.54. The van der Waals surface area contributed by atoms with Gasteiger partial charge in [0.25, 0.3) is 5.91 Å². The Morgan fingerprint density at radius 1 is 1.29 bits per heavy atom. The fraction of sp³-hybridized carbons (Fsp3) is 0.300. The molecule has 3 rings (SSSR count). The Bertz CT molecular complexity index is 874. The van der Waals surface area contributed by atoms with Crippen LogP contribution in [0.3, 0.4) is 0 Å². The summed E-state index contributed by atoms with van der Waals surface area (Å²) >= 11 is 6.02. The third-order valence-corrected chi connectivity index (χ3v) is 4.88. The molecule has 0 radical (unpaired) electrons. The molecule has 2 aromatic rings. The summed E-state index contributed by atoms with van der Waals surface area (Å²) in [6.45, 7) is 1.76. The third kappa shape index (κ3) is 5.09.